The lowest BCUT2D eigenvalue weighted by Crippen LogP contribution is -2.40. The van der Waals surface area contributed by atoms with Crippen LogP contribution in [0.5, 0.6) is 0 Å². The van der Waals surface area contributed by atoms with Gasteiger partial charge in [-0.25, -0.2) is 0 Å². The van der Waals surface area contributed by atoms with E-state index in [-0.39, 0.29) is 40.0 Å². The molecule has 3 nitrogen and oxygen atoms in total. The van der Waals surface area contributed by atoms with Crippen LogP contribution in [0.2, 0.25) is 0 Å². The lowest BCUT2D eigenvalue weighted by atomic mass is 9.73. The maximum absolute atomic E-state index is 12.6. The molecule has 0 radical (unpaired) electrons. The number of fused-ring (bicyclic) bond motifs is 1. The van der Waals surface area contributed by atoms with Crippen LogP contribution in [0.25, 0.3) is 0 Å². The van der Waals surface area contributed by atoms with E-state index < -0.39 is 0 Å². The van der Waals surface area contributed by atoms with Gasteiger partial charge in [0, 0.05) is 12.2 Å². The Hall–Kier alpha value is -1.90. The second kappa shape index (κ2) is 6.30. The van der Waals surface area contributed by atoms with E-state index in [1.165, 1.54) is 33.7 Å². The van der Waals surface area contributed by atoms with Gasteiger partial charge in [-0.2, -0.15) is 0 Å². The van der Waals surface area contributed by atoms with E-state index >= 15 is 0 Å². The first kappa shape index (κ1) is 20.8. The summed E-state index contributed by atoms with van der Waals surface area (Å²) in [6, 6.07) is 4.46. The summed E-state index contributed by atoms with van der Waals surface area (Å²) < 4.78 is 0. The Morgan fingerprint density at radius 3 is 1.68 bits per heavy atom. The van der Waals surface area contributed by atoms with Gasteiger partial charge in [-0.1, -0.05) is 74.4 Å². The molecule has 0 spiro atoms. The number of hydrogen-bond donors (Lipinski definition) is 0. The van der Waals surface area contributed by atoms with Crippen molar-refractivity contribution in [2.45, 2.75) is 85.6 Å². The van der Waals surface area contributed by atoms with Crippen LogP contribution >= 0.6 is 0 Å². The standard InChI is InChI=1S/C25H35NO2/c1-23(2,3)17-12-15-13-19(25(7,8)9)22(26-20(27)10-11-21(26)28)16(15)14-18(17)24(4,5)6/h10-12,14,19,22H,13H2,1-9H3/t19-,22-/m1/s1. The molecule has 28 heavy (non-hydrogen) atoms. The Kier molecular flexibility index (Phi) is 4.69. The van der Waals surface area contributed by atoms with E-state index in [0.717, 1.165) is 12.0 Å². The van der Waals surface area contributed by atoms with Crippen LogP contribution in [0, 0.1) is 11.3 Å². The van der Waals surface area contributed by atoms with Crippen LogP contribution in [0.4, 0.5) is 0 Å². The summed E-state index contributed by atoms with van der Waals surface area (Å²) in [5.41, 5.74) is 5.12. The maximum Gasteiger partial charge on any atom is 0.254 e. The molecule has 3 rings (SSSR count). The van der Waals surface area contributed by atoms with Crippen LogP contribution < -0.4 is 0 Å². The van der Waals surface area contributed by atoms with E-state index in [1.807, 2.05) is 0 Å². The molecule has 0 saturated carbocycles. The van der Waals surface area contributed by atoms with Crippen LogP contribution in [-0.2, 0) is 26.8 Å². The van der Waals surface area contributed by atoms with Gasteiger partial charge < -0.3 is 0 Å². The van der Waals surface area contributed by atoms with E-state index in [1.54, 1.807) is 0 Å². The SMILES string of the molecule is CC(C)(C)c1cc2c(cc1C(C)(C)C)[C@@H](N1C(=O)C=CC1=O)[C@H](C(C)(C)C)C2. The third-order valence-electron chi connectivity index (χ3n) is 6.27. The molecule has 2 aliphatic rings. The summed E-state index contributed by atoms with van der Waals surface area (Å²) >= 11 is 0. The molecule has 1 aromatic carbocycles. The summed E-state index contributed by atoms with van der Waals surface area (Å²) in [5, 5.41) is 0. The summed E-state index contributed by atoms with van der Waals surface area (Å²) in [6.45, 7) is 20.1. The summed E-state index contributed by atoms with van der Waals surface area (Å²) in [7, 11) is 0. The minimum absolute atomic E-state index is 0.0146. The zero-order chi connectivity index (χ0) is 21.2. The Balaban J connectivity index is 2.25. The van der Waals surface area contributed by atoms with Gasteiger partial charge in [-0.3, -0.25) is 14.5 Å². The average molecular weight is 382 g/mol. The third-order valence-corrected chi connectivity index (χ3v) is 6.27. The van der Waals surface area contributed by atoms with Gasteiger partial charge in [0.2, 0.25) is 0 Å². The van der Waals surface area contributed by atoms with Crippen molar-refractivity contribution < 1.29 is 9.59 Å². The van der Waals surface area contributed by atoms with E-state index in [4.69, 9.17) is 0 Å². The number of carbonyl (C=O) groups is 2. The minimum Gasteiger partial charge on any atom is -0.269 e. The van der Waals surface area contributed by atoms with Gasteiger partial charge in [-0.05, 0) is 50.8 Å². The smallest absolute Gasteiger partial charge is 0.254 e. The average Bonchev–Trinajstić information content (AvgIpc) is 3.03. The summed E-state index contributed by atoms with van der Waals surface area (Å²) in [5.74, 6) is -0.165. The van der Waals surface area contributed by atoms with Gasteiger partial charge in [0.1, 0.15) is 0 Å². The zero-order valence-corrected chi connectivity index (χ0v) is 18.9. The van der Waals surface area contributed by atoms with Crippen molar-refractivity contribution in [1.82, 2.24) is 4.90 Å². The highest BCUT2D eigenvalue weighted by Crippen LogP contribution is 2.51. The molecule has 0 bridgehead atoms. The van der Waals surface area contributed by atoms with Crippen molar-refractivity contribution >= 4 is 11.8 Å². The fourth-order valence-electron chi connectivity index (χ4n) is 4.70. The molecule has 2 atom stereocenters. The Bertz CT molecular complexity index is 838. The normalized spacial score (nSPS) is 23.0. The van der Waals surface area contributed by atoms with Crippen molar-refractivity contribution in [3.63, 3.8) is 0 Å². The number of carbonyl (C=O) groups excluding carboxylic acids is 2. The number of hydrogen-bond acceptors (Lipinski definition) is 2. The molecule has 3 heteroatoms. The van der Waals surface area contributed by atoms with Gasteiger partial charge in [0.15, 0.2) is 0 Å². The van der Waals surface area contributed by atoms with Crippen LogP contribution in [0.3, 0.4) is 0 Å². The molecule has 1 aromatic rings. The van der Waals surface area contributed by atoms with Crippen LogP contribution in [0.15, 0.2) is 24.3 Å². The predicted molar refractivity (Wildman–Crippen MR) is 114 cm³/mol. The molecule has 0 fully saturated rings. The van der Waals surface area contributed by atoms with Gasteiger partial charge in [0.25, 0.3) is 11.8 Å². The molecule has 0 saturated heterocycles. The second-order valence-corrected chi connectivity index (χ2v) is 11.6. The number of rotatable bonds is 1. The van der Waals surface area contributed by atoms with Crippen molar-refractivity contribution in [3.05, 3.63) is 46.5 Å². The quantitative estimate of drug-likeness (QED) is 0.605. The molecule has 152 valence electrons. The lowest BCUT2D eigenvalue weighted by Gasteiger charge is -2.37. The predicted octanol–water partition coefficient (Wildman–Crippen LogP) is 5.47. The summed E-state index contributed by atoms with van der Waals surface area (Å²) in [6.07, 6.45) is 3.72. The molecule has 0 aromatic heterocycles. The second-order valence-electron chi connectivity index (χ2n) is 11.6. The number of nitrogens with zero attached hydrogens (tertiary/aromatic N) is 1. The van der Waals surface area contributed by atoms with Crippen LogP contribution in [-0.4, -0.2) is 16.7 Å². The first-order valence-electron chi connectivity index (χ1n) is 10.4. The Labute approximate surface area is 170 Å². The topological polar surface area (TPSA) is 37.4 Å². The highest BCUT2D eigenvalue weighted by atomic mass is 16.2. The first-order valence-corrected chi connectivity index (χ1v) is 10.4. The highest BCUT2D eigenvalue weighted by Gasteiger charge is 2.47. The highest BCUT2D eigenvalue weighted by molar-refractivity contribution is 6.13. The van der Waals surface area contributed by atoms with Crippen LogP contribution in [0.1, 0.15) is 90.6 Å². The van der Waals surface area contributed by atoms with E-state index in [2.05, 4.69) is 74.4 Å². The largest absolute Gasteiger partial charge is 0.269 e. The Morgan fingerprint density at radius 2 is 1.25 bits per heavy atom. The van der Waals surface area contributed by atoms with E-state index in [0.29, 0.717) is 0 Å². The molecule has 0 N–H and O–H groups in total. The molecular weight excluding hydrogens is 346 g/mol. The number of imide groups is 1. The van der Waals surface area contributed by atoms with Crippen molar-refractivity contribution in [2.75, 3.05) is 0 Å². The fraction of sp³-hybridized carbons (Fsp3) is 0.600. The van der Waals surface area contributed by atoms with Gasteiger partial charge in [0.05, 0.1) is 6.04 Å². The lowest BCUT2D eigenvalue weighted by molar-refractivity contribution is -0.141. The van der Waals surface area contributed by atoms with Gasteiger partial charge >= 0.3 is 0 Å². The van der Waals surface area contributed by atoms with Crippen molar-refractivity contribution in [2.24, 2.45) is 11.3 Å². The minimum atomic E-state index is -0.194. The first-order chi connectivity index (χ1) is 12.6. The van der Waals surface area contributed by atoms with Gasteiger partial charge in [-0.15, -0.1) is 0 Å². The van der Waals surface area contributed by atoms with Crippen molar-refractivity contribution in [3.8, 4) is 0 Å². The molecule has 2 amide bonds. The van der Waals surface area contributed by atoms with Crippen molar-refractivity contribution in [1.29, 1.82) is 0 Å². The molecule has 1 aliphatic heterocycles. The molecular formula is C25H35NO2. The van der Waals surface area contributed by atoms with E-state index in [9.17, 15) is 9.59 Å². The monoisotopic (exact) mass is 381 g/mol. The summed E-state index contributed by atoms with van der Waals surface area (Å²) in [4.78, 5) is 26.7. The molecule has 1 aliphatic carbocycles. The number of benzene rings is 1. The zero-order valence-electron chi connectivity index (χ0n) is 18.9. The number of amides is 2. The fourth-order valence-corrected chi connectivity index (χ4v) is 4.70. The third kappa shape index (κ3) is 3.44. The molecule has 0 unspecified atom stereocenters. The maximum atomic E-state index is 12.6. The molecule has 1 heterocycles. The Morgan fingerprint density at radius 1 is 0.786 bits per heavy atom.